The molecule has 0 spiro atoms. The van der Waals surface area contributed by atoms with Gasteiger partial charge in [-0.1, -0.05) is 30.3 Å². The minimum atomic E-state index is -0.563. The van der Waals surface area contributed by atoms with Crippen LogP contribution < -0.4 is 5.32 Å². The summed E-state index contributed by atoms with van der Waals surface area (Å²) in [5.74, 6) is 1.41. The van der Waals surface area contributed by atoms with Gasteiger partial charge in [0.25, 0.3) is 0 Å². The van der Waals surface area contributed by atoms with E-state index < -0.39 is 6.04 Å². The summed E-state index contributed by atoms with van der Waals surface area (Å²) >= 11 is 1.67. The van der Waals surface area contributed by atoms with E-state index in [9.17, 15) is 14.4 Å². The predicted octanol–water partition coefficient (Wildman–Crippen LogP) is 3.79. The number of hydrogen-bond acceptors (Lipinski definition) is 4. The topological polar surface area (TPSA) is 66.5 Å². The molecule has 0 unspecified atom stereocenters. The van der Waals surface area contributed by atoms with Gasteiger partial charge < -0.3 is 10.2 Å². The first-order valence-electron chi connectivity index (χ1n) is 11.9. The van der Waals surface area contributed by atoms with Gasteiger partial charge in [0.1, 0.15) is 6.04 Å². The average molecular weight is 455 g/mol. The van der Waals surface area contributed by atoms with Crippen molar-refractivity contribution in [3.63, 3.8) is 0 Å². The summed E-state index contributed by atoms with van der Waals surface area (Å²) < 4.78 is 0. The van der Waals surface area contributed by atoms with Crippen molar-refractivity contribution < 1.29 is 14.4 Å². The van der Waals surface area contributed by atoms with Crippen molar-refractivity contribution in [3.05, 3.63) is 41.5 Å². The van der Waals surface area contributed by atoms with Gasteiger partial charge in [-0.15, -0.1) is 0 Å². The molecule has 0 heterocycles. The highest BCUT2D eigenvalue weighted by molar-refractivity contribution is 7.98. The highest BCUT2D eigenvalue weighted by atomic mass is 32.2. The number of allylic oxidation sites excluding steroid dienone is 1. The standard InChI is InChI=1S/C26H34N2O3S/c1-4-28(5-2)26(31)19(13-14-32-3)27-25(30)23-20-17-11-12-18(15-17)22(20)24(29)21(23)16-9-7-6-8-10-16/h6-10,17-20,22H,4-5,11-15H2,1-3H3,(H,27,30)/t17-,18+,19+,20+,22-/m1/s1. The molecule has 3 aliphatic rings. The number of carbonyl (C=O) groups excluding carboxylic acids is 3. The van der Waals surface area contributed by atoms with E-state index in [-0.39, 0.29) is 29.4 Å². The van der Waals surface area contributed by atoms with Crippen molar-refractivity contribution in [1.29, 1.82) is 0 Å². The Morgan fingerprint density at radius 3 is 2.38 bits per heavy atom. The van der Waals surface area contributed by atoms with Crippen LogP contribution >= 0.6 is 11.8 Å². The molecule has 0 saturated heterocycles. The lowest BCUT2D eigenvalue weighted by Gasteiger charge is -2.28. The Bertz CT molecular complexity index is 909. The first-order valence-corrected chi connectivity index (χ1v) is 13.3. The third-order valence-electron chi connectivity index (χ3n) is 7.66. The Hall–Kier alpha value is -2.08. The Kier molecular flexibility index (Phi) is 7.08. The number of benzene rings is 1. The molecule has 2 saturated carbocycles. The van der Waals surface area contributed by atoms with Crippen LogP contribution in [-0.2, 0) is 14.4 Å². The molecule has 32 heavy (non-hydrogen) atoms. The molecule has 2 fully saturated rings. The predicted molar refractivity (Wildman–Crippen MR) is 129 cm³/mol. The van der Waals surface area contributed by atoms with Gasteiger partial charge in [0.05, 0.1) is 0 Å². The maximum atomic E-state index is 13.8. The number of amides is 2. The van der Waals surface area contributed by atoms with Crippen LogP contribution in [-0.4, -0.2) is 53.6 Å². The number of thioether (sulfide) groups is 1. The van der Waals surface area contributed by atoms with Crippen LogP contribution in [0.4, 0.5) is 0 Å². The lowest BCUT2D eigenvalue weighted by molar-refractivity contribution is -0.135. The monoisotopic (exact) mass is 454 g/mol. The summed E-state index contributed by atoms with van der Waals surface area (Å²) in [5.41, 5.74) is 2.06. The summed E-state index contributed by atoms with van der Waals surface area (Å²) in [6.45, 7) is 5.15. The molecule has 1 aromatic rings. The summed E-state index contributed by atoms with van der Waals surface area (Å²) in [6, 6.07) is 9.05. The third-order valence-corrected chi connectivity index (χ3v) is 8.31. The Labute approximate surface area is 195 Å². The largest absolute Gasteiger partial charge is 0.341 e. The van der Waals surface area contributed by atoms with Gasteiger partial charge in [-0.2, -0.15) is 11.8 Å². The van der Waals surface area contributed by atoms with E-state index in [0.717, 1.165) is 30.6 Å². The number of nitrogens with one attached hydrogen (secondary N) is 1. The highest BCUT2D eigenvalue weighted by Crippen LogP contribution is 2.60. The molecule has 5 nitrogen and oxygen atoms in total. The SMILES string of the molecule is CCN(CC)C(=O)[C@H](CCSC)NC(=O)C1=C(c2ccccc2)C(=O)[C@@H]2[C@H]3CC[C@H](C3)[C@H]12. The van der Waals surface area contributed by atoms with Crippen molar-refractivity contribution in [1.82, 2.24) is 10.2 Å². The lowest BCUT2D eigenvalue weighted by Crippen LogP contribution is -2.49. The molecule has 6 heteroatoms. The van der Waals surface area contributed by atoms with Gasteiger partial charge in [0.2, 0.25) is 11.8 Å². The fourth-order valence-corrected chi connectivity index (χ4v) is 6.67. The molecule has 172 valence electrons. The van der Waals surface area contributed by atoms with Crippen LogP contribution in [0.2, 0.25) is 0 Å². The summed E-state index contributed by atoms with van der Waals surface area (Å²) in [6.07, 6.45) is 5.82. The number of fused-ring (bicyclic) bond motifs is 5. The molecular weight excluding hydrogens is 420 g/mol. The van der Waals surface area contributed by atoms with E-state index in [0.29, 0.717) is 42.5 Å². The maximum absolute atomic E-state index is 13.8. The second kappa shape index (κ2) is 9.82. The van der Waals surface area contributed by atoms with E-state index in [1.165, 1.54) is 0 Å². The normalized spacial score (nSPS) is 26.9. The van der Waals surface area contributed by atoms with Gasteiger partial charge in [0.15, 0.2) is 5.78 Å². The average Bonchev–Trinajstić information content (AvgIpc) is 3.50. The Balaban J connectivity index is 1.69. The van der Waals surface area contributed by atoms with Crippen LogP contribution in [0.15, 0.2) is 35.9 Å². The fourth-order valence-electron chi connectivity index (χ4n) is 6.20. The Morgan fingerprint density at radius 2 is 1.75 bits per heavy atom. The highest BCUT2D eigenvalue weighted by Gasteiger charge is 2.58. The summed E-state index contributed by atoms with van der Waals surface area (Å²) in [5, 5.41) is 3.08. The quantitative estimate of drug-likeness (QED) is 0.617. The second-order valence-electron chi connectivity index (χ2n) is 9.22. The smallest absolute Gasteiger partial charge is 0.248 e. The Morgan fingerprint density at radius 1 is 1.09 bits per heavy atom. The molecule has 1 aromatic carbocycles. The molecule has 5 atom stereocenters. The van der Waals surface area contributed by atoms with Gasteiger partial charge in [-0.05, 0) is 68.9 Å². The molecule has 2 amide bonds. The van der Waals surface area contributed by atoms with E-state index >= 15 is 0 Å². The van der Waals surface area contributed by atoms with Crippen molar-refractivity contribution >= 4 is 34.9 Å². The lowest BCUT2D eigenvalue weighted by atomic mass is 9.78. The number of ketones is 1. The molecule has 0 radical (unpaired) electrons. The van der Waals surface area contributed by atoms with Crippen LogP contribution in [0.5, 0.6) is 0 Å². The number of rotatable bonds is 9. The van der Waals surface area contributed by atoms with Crippen molar-refractivity contribution in [2.45, 2.75) is 45.6 Å². The van der Waals surface area contributed by atoms with Crippen LogP contribution in [0.25, 0.3) is 5.57 Å². The minimum absolute atomic E-state index is 0.00112. The van der Waals surface area contributed by atoms with Crippen molar-refractivity contribution in [2.75, 3.05) is 25.1 Å². The van der Waals surface area contributed by atoms with Gasteiger partial charge in [-0.25, -0.2) is 0 Å². The van der Waals surface area contributed by atoms with E-state index in [4.69, 9.17) is 0 Å². The van der Waals surface area contributed by atoms with E-state index in [1.54, 1.807) is 16.7 Å². The molecule has 2 bridgehead atoms. The first-order chi connectivity index (χ1) is 15.5. The van der Waals surface area contributed by atoms with E-state index in [2.05, 4.69) is 5.32 Å². The van der Waals surface area contributed by atoms with Crippen LogP contribution in [0.3, 0.4) is 0 Å². The summed E-state index contributed by atoms with van der Waals surface area (Å²) in [4.78, 5) is 42.3. The zero-order valence-electron chi connectivity index (χ0n) is 19.3. The summed E-state index contributed by atoms with van der Waals surface area (Å²) in [7, 11) is 0. The van der Waals surface area contributed by atoms with Crippen LogP contribution in [0.1, 0.15) is 45.1 Å². The fraction of sp³-hybridized carbons (Fsp3) is 0.577. The molecule has 0 aliphatic heterocycles. The molecule has 1 N–H and O–H groups in total. The molecule has 4 rings (SSSR count). The first kappa shape index (κ1) is 23.1. The number of carbonyl (C=O) groups is 3. The van der Waals surface area contributed by atoms with Gasteiger partial charge in [0, 0.05) is 36.1 Å². The zero-order valence-corrected chi connectivity index (χ0v) is 20.1. The second-order valence-corrected chi connectivity index (χ2v) is 10.2. The van der Waals surface area contributed by atoms with Gasteiger partial charge in [-0.3, -0.25) is 14.4 Å². The molecular formula is C26H34N2O3S. The molecule has 3 aliphatic carbocycles. The maximum Gasteiger partial charge on any atom is 0.248 e. The van der Waals surface area contributed by atoms with E-state index in [1.807, 2.05) is 50.4 Å². The number of likely N-dealkylation sites (N-methyl/N-ethyl adjacent to an activating group) is 1. The minimum Gasteiger partial charge on any atom is -0.341 e. The van der Waals surface area contributed by atoms with Crippen LogP contribution in [0, 0.1) is 23.7 Å². The number of hydrogen-bond donors (Lipinski definition) is 1. The molecule has 0 aromatic heterocycles. The number of nitrogens with zero attached hydrogens (tertiary/aromatic N) is 1. The third kappa shape index (κ3) is 4.02. The van der Waals surface area contributed by atoms with Crippen molar-refractivity contribution in [3.8, 4) is 0 Å². The zero-order chi connectivity index (χ0) is 22.8. The number of Topliss-reactive ketones (excluding diaryl/α,β-unsaturated/α-hetero) is 1. The van der Waals surface area contributed by atoms with Crippen molar-refractivity contribution in [2.24, 2.45) is 23.7 Å². The van der Waals surface area contributed by atoms with Gasteiger partial charge >= 0.3 is 0 Å².